The molecular formula is C19H18N6O2. The maximum Gasteiger partial charge on any atom is 0.247 e. The lowest BCUT2D eigenvalue weighted by molar-refractivity contribution is 0.122. The lowest BCUT2D eigenvalue weighted by Gasteiger charge is -2.27. The molecule has 0 saturated carbocycles. The van der Waals surface area contributed by atoms with Gasteiger partial charge in [0.05, 0.1) is 18.7 Å². The Hall–Kier alpha value is -3.26. The maximum atomic E-state index is 5.56. The molecule has 0 atom stereocenters. The highest BCUT2D eigenvalue weighted by Gasteiger charge is 2.16. The fourth-order valence-corrected chi connectivity index (χ4v) is 3.31. The fraction of sp³-hybridized carbons (Fsp3) is 0.263. The summed E-state index contributed by atoms with van der Waals surface area (Å²) < 4.78 is 11.0. The van der Waals surface area contributed by atoms with E-state index in [0.29, 0.717) is 11.8 Å². The highest BCUT2D eigenvalue weighted by molar-refractivity contribution is 5.95. The van der Waals surface area contributed by atoms with Gasteiger partial charge in [0.15, 0.2) is 0 Å². The van der Waals surface area contributed by atoms with E-state index < -0.39 is 0 Å². The summed E-state index contributed by atoms with van der Waals surface area (Å²) in [5.74, 6) is 1.99. The molecule has 1 fully saturated rings. The van der Waals surface area contributed by atoms with E-state index in [2.05, 4.69) is 36.3 Å². The van der Waals surface area contributed by atoms with Crippen LogP contribution >= 0.6 is 0 Å². The van der Waals surface area contributed by atoms with Gasteiger partial charge in [-0.3, -0.25) is 5.10 Å². The van der Waals surface area contributed by atoms with E-state index >= 15 is 0 Å². The Labute approximate surface area is 155 Å². The maximum absolute atomic E-state index is 5.56. The SMILES string of the molecule is Cc1nnc(-c2ccc3[nH]nc(-c4ccnc(N5CCOCC5)c4)c3c2)o1. The molecule has 0 spiro atoms. The number of aromatic nitrogens is 5. The Kier molecular flexibility index (Phi) is 3.83. The number of rotatable bonds is 3. The number of aryl methyl sites for hydroxylation is 1. The highest BCUT2D eigenvalue weighted by atomic mass is 16.5. The van der Waals surface area contributed by atoms with E-state index in [-0.39, 0.29) is 0 Å². The van der Waals surface area contributed by atoms with Crippen LogP contribution in [0.5, 0.6) is 0 Å². The minimum absolute atomic E-state index is 0.505. The van der Waals surface area contributed by atoms with Crippen molar-refractivity contribution in [3.8, 4) is 22.7 Å². The number of nitrogens with one attached hydrogen (secondary N) is 1. The summed E-state index contributed by atoms with van der Waals surface area (Å²) in [4.78, 5) is 6.75. The van der Waals surface area contributed by atoms with Crippen LogP contribution in [-0.2, 0) is 4.74 Å². The molecule has 3 aromatic heterocycles. The van der Waals surface area contributed by atoms with E-state index in [4.69, 9.17) is 9.15 Å². The number of benzene rings is 1. The zero-order chi connectivity index (χ0) is 18.2. The molecule has 0 unspecified atom stereocenters. The Morgan fingerprint density at radius 2 is 1.93 bits per heavy atom. The molecule has 4 heterocycles. The molecule has 1 aliphatic rings. The highest BCUT2D eigenvalue weighted by Crippen LogP contribution is 2.31. The topological polar surface area (TPSA) is 93.0 Å². The van der Waals surface area contributed by atoms with E-state index in [1.54, 1.807) is 6.92 Å². The van der Waals surface area contributed by atoms with Crippen molar-refractivity contribution in [2.45, 2.75) is 6.92 Å². The number of pyridine rings is 1. The minimum atomic E-state index is 0.505. The molecular weight excluding hydrogens is 344 g/mol. The molecule has 1 aliphatic heterocycles. The van der Waals surface area contributed by atoms with Gasteiger partial charge in [0.2, 0.25) is 11.8 Å². The number of morpholine rings is 1. The first-order chi connectivity index (χ1) is 13.3. The van der Waals surface area contributed by atoms with Gasteiger partial charge in [-0.15, -0.1) is 10.2 Å². The van der Waals surface area contributed by atoms with Crippen LogP contribution in [0.3, 0.4) is 0 Å². The summed E-state index contributed by atoms with van der Waals surface area (Å²) in [5, 5.41) is 16.7. The monoisotopic (exact) mass is 362 g/mol. The summed E-state index contributed by atoms with van der Waals surface area (Å²) in [7, 11) is 0. The van der Waals surface area contributed by atoms with Crippen LogP contribution in [0.2, 0.25) is 0 Å². The molecule has 8 heteroatoms. The van der Waals surface area contributed by atoms with Crippen LogP contribution in [0.25, 0.3) is 33.6 Å². The van der Waals surface area contributed by atoms with E-state index in [9.17, 15) is 0 Å². The Morgan fingerprint density at radius 3 is 2.74 bits per heavy atom. The first kappa shape index (κ1) is 16.0. The molecule has 0 aliphatic carbocycles. The number of hydrogen-bond acceptors (Lipinski definition) is 7. The molecule has 0 radical (unpaired) electrons. The standard InChI is InChI=1S/C19H18N6O2/c1-12-21-24-19(27-12)14-2-3-16-15(10-14)18(23-22-16)13-4-5-20-17(11-13)25-6-8-26-9-7-25/h2-5,10-11H,6-9H2,1H3,(H,22,23). The minimum Gasteiger partial charge on any atom is -0.421 e. The number of H-pyrrole nitrogens is 1. The predicted octanol–water partition coefficient (Wildman–Crippen LogP) is 2.82. The second-order valence-corrected chi connectivity index (χ2v) is 6.46. The van der Waals surface area contributed by atoms with Gasteiger partial charge in [-0.25, -0.2) is 4.98 Å². The molecule has 1 N–H and O–H groups in total. The largest absolute Gasteiger partial charge is 0.421 e. The summed E-state index contributed by atoms with van der Waals surface area (Å²) in [6.45, 7) is 4.92. The molecule has 0 bridgehead atoms. The zero-order valence-corrected chi connectivity index (χ0v) is 14.8. The van der Waals surface area contributed by atoms with Gasteiger partial charge in [0.25, 0.3) is 0 Å². The molecule has 4 aromatic rings. The van der Waals surface area contributed by atoms with Gasteiger partial charge in [0, 0.05) is 42.7 Å². The average molecular weight is 362 g/mol. The quantitative estimate of drug-likeness (QED) is 0.599. The predicted molar refractivity (Wildman–Crippen MR) is 100 cm³/mol. The lowest BCUT2D eigenvalue weighted by atomic mass is 10.1. The van der Waals surface area contributed by atoms with Crippen molar-refractivity contribution in [2.75, 3.05) is 31.2 Å². The van der Waals surface area contributed by atoms with Crippen molar-refractivity contribution >= 4 is 16.7 Å². The second kappa shape index (κ2) is 6.48. The Balaban J connectivity index is 1.56. The van der Waals surface area contributed by atoms with Gasteiger partial charge < -0.3 is 14.1 Å². The second-order valence-electron chi connectivity index (χ2n) is 6.46. The normalized spacial score (nSPS) is 14.8. The number of nitrogens with zero attached hydrogens (tertiary/aromatic N) is 5. The number of fused-ring (bicyclic) bond motifs is 1. The van der Waals surface area contributed by atoms with Crippen LogP contribution in [0.4, 0.5) is 5.82 Å². The summed E-state index contributed by atoms with van der Waals surface area (Å²) in [6, 6.07) is 10.00. The average Bonchev–Trinajstić information content (AvgIpc) is 3.34. The van der Waals surface area contributed by atoms with Crippen LogP contribution in [-0.4, -0.2) is 51.7 Å². The van der Waals surface area contributed by atoms with Crippen molar-refractivity contribution < 1.29 is 9.15 Å². The first-order valence-corrected chi connectivity index (χ1v) is 8.86. The van der Waals surface area contributed by atoms with Gasteiger partial charge >= 0.3 is 0 Å². The third kappa shape index (κ3) is 2.93. The molecule has 27 heavy (non-hydrogen) atoms. The number of hydrogen-bond donors (Lipinski definition) is 1. The van der Waals surface area contributed by atoms with Gasteiger partial charge in [0.1, 0.15) is 11.5 Å². The molecule has 0 amide bonds. The third-order valence-corrected chi connectivity index (χ3v) is 4.69. The molecule has 136 valence electrons. The Morgan fingerprint density at radius 1 is 1.04 bits per heavy atom. The van der Waals surface area contributed by atoms with Crippen LogP contribution in [0.1, 0.15) is 5.89 Å². The summed E-state index contributed by atoms with van der Waals surface area (Å²) >= 11 is 0. The summed E-state index contributed by atoms with van der Waals surface area (Å²) in [5.41, 5.74) is 3.71. The van der Waals surface area contributed by atoms with Gasteiger partial charge in [-0.05, 0) is 30.3 Å². The molecule has 1 aromatic carbocycles. The van der Waals surface area contributed by atoms with Crippen LogP contribution in [0.15, 0.2) is 40.9 Å². The number of ether oxygens (including phenoxy) is 1. The van der Waals surface area contributed by atoms with Crippen molar-refractivity contribution in [3.63, 3.8) is 0 Å². The smallest absolute Gasteiger partial charge is 0.247 e. The molecule has 1 saturated heterocycles. The van der Waals surface area contributed by atoms with Crippen molar-refractivity contribution in [1.29, 1.82) is 0 Å². The van der Waals surface area contributed by atoms with Crippen LogP contribution < -0.4 is 4.90 Å². The zero-order valence-electron chi connectivity index (χ0n) is 14.8. The van der Waals surface area contributed by atoms with E-state index in [0.717, 1.165) is 59.8 Å². The van der Waals surface area contributed by atoms with Gasteiger partial charge in [-0.2, -0.15) is 5.10 Å². The fourth-order valence-electron chi connectivity index (χ4n) is 3.31. The van der Waals surface area contributed by atoms with E-state index in [1.807, 2.05) is 30.5 Å². The van der Waals surface area contributed by atoms with Gasteiger partial charge in [-0.1, -0.05) is 0 Å². The number of anilines is 1. The third-order valence-electron chi connectivity index (χ3n) is 4.69. The summed E-state index contributed by atoms with van der Waals surface area (Å²) in [6.07, 6.45) is 1.83. The number of aromatic amines is 1. The molecule has 8 nitrogen and oxygen atoms in total. The van der Waals surface area contributed by atoms with Crippen molar-refractivity contribution in [2.24, 2.45) is 0 Å². The van der Waals surface area contributed by atoms with Crippen molar-refractivity contribution in [3.05, 3.63) is 42.4 Å². The van der Waals surface area contributed by atoms with Crippen molar-refractivity contribution in [1.82, 2.24) is 25.4 Å². The van der Waals surface area contributed by atoms with E-state index in [1.165, 1.54) is 0 Å². The lowest BCUT2D eigenvalue weighted by Crippen LogP contribution is -2.36. The molecule has 5 rings (SSSR count). The van der Waals surface area contributed by atoms with Crippen LogP contribution in [0, 0.1) is 6.92 Å². The Bertz CT molecular complexity index is 1100. The first-order valence-electron chi connectivity index (χ1n) is 8.86.